The number of nitrogens with zero attached hydrogens (tertiary/aromatic N) is 4. The van der Waals surface area contributed by atoms with Crippen LogP contribution >= 0.6 is 27.5 Å². The maximum atomic E-state index is 6.00. The van der Waals surface area contributed by atoms with Crippen molar-refractivity contribution in [2.75, 3.05) is 5.32 Å². The van der Waals surface area contributed by atoms with Gasteiger partial charge in [-0.3, -0.25) is 0 Å². The van der Waals surface area contributed by atoms with Crippen LogP contribution in [0.4, 0.5) is 5.95 Å². The van der Waals surface area contributed by atoms with Gasteiger partial charge in [-0.15, -0.1) is 0 Å². The van der Waals surface area contributed by atoms with E-state index in [4.69, 9.17) is 16.3 Å². The molecule has 1 heterocycles. The fraction of sp³-hybridized carbons (Fsp3) is 0.278. The second-order valence-corrected chi connectivity index (χ2v) is 7.10. The number of halogens is 2. The summed E-state index contributed by atoms with van der Waals surface area (Å²) >= 11 is 9.44. The van der Waals surface area contributed by atoms with Crippen molar-refractivity contribution in [3.8, 4) is 5.75 Å². The minimum atomic E-state index is 0.472. The molecule has 1 N–H and O–H groups in total. The third kappa shape index (κ3) is 4.95. The summed E-state index contributed by atoms with van der Waals surface area (Å²) in [6.45, 7) is 3.88. The van der Waals surface area contributed by atoms with Gasteiger partial charge in [0.05, 0.1) is 0 Å². The molecule has 0 saturated carbocycles. The van der Waals surface area contributed by atoms with Crippen LogP contribution in [0.5, 0.6) is 5.75 Å². The molecule has 0 spiro atoms. The lowest BCUT2D eigenvalue weighted by molar-refractivity contribution is 0.303. The zero-order valence-corrected chi connectivity index (χ0v) is 16.7. The first kappa shape index (κ1) is 18.7. The van der Waals surface area contributed by atoms with E-state index in [1.807, 2.05) is 42.5 Å². The minimum Gasteiger partial charge on any atom is -0.489 e. The normalized spacial score (nSPS) is 10.7. The molecular weight excluding hydrogens is 418 g/mol. The molecule has 2 aromatic carbocycles. The Kier molecular flexibility index (Phi) is 6.46. The maximum Gasteiger partial charge on any atom is 0.243 e. The Hall–Kier alpha value is -2.12. The van der Waals surface area contributed by atoms with Crippen LogP contribution < -0.4 is 10.1 Å². The van der Waals surface area contributed by atoms with Gasteiger partial charge in [-0.2, -0.15) is 0 Å². The van der Waals surface area contributed by atoms with Crippen molar-refractivity contribution < 1.29 is 4.74 Å². The second-order valence-electron chi connectivity index (χ2n) is 5.75. The van der Waals surface area contributed by atoms with E-state index in [1.165, 1.54) is 0 Å². The summed E-state index contributed by atoms with van der Waals surface area (Å²) in [6.07, 6.45) is 0.964. The Balaban J connectivity index is 1.69. The molecule has 0 aliphatic carbocycles. The van der Waals surface area contributed by atoms with Gasteiger partial charge in [0, 0.05) is 28.1 Å². The van der Waals surface area contributed by atoms with Crippen LogP contribution in [-0.2, 0) is 19.7 Å². The molecule has 0 saturated heterocycles. The number of rotatable bonds is 8. The van der Waals surface area contributed by atoms with Gasteiger partial charge in [0.25, 0.3) is 0 Å². The van der Waals surface area contributed by atoms with E-state index in [1.54, 1.807) is 4.68 Å². The highest BCUT2D eigenvalue weighted by atomic mass is 79.9. The summed E-state index contributed by atoms with van der Waals surface area (Å²) in [7, 11) is 0. The maximum absolute atomic E-state index is 6.00. The topological polar surface area (TPSA) is 64.9 Å². The Bertz CT molecular complexity index is 853. The quantitative estimate of drug-likeness (QED) is 0.555. The van der Waals surface area contributed by atoms with Crippen LogP contribution in [-0.4, -0.2) is 20.2 Å². The van der Waals surface area contributed by atoms with E-state index in [0.29, 0.717) is 24.1 Å². The van der Waals surface area contributed by atoms with Crippen molar-refractivity contribution in [1.82, 2.24) is 20.2 Å². The Morgan fingerprint density at radius 1 is 1.19 bits per heavy atom. The van der Waals surface area contributed by atoms with E-state index >= 15 is 0 Å². The average molecular weight is 437 g/mol. The number of nitrogens with one attached hydrogen (secondary N) is 1. The monoisotopic (exact) mass is 435 g/mol. The predicted molar refractivity (Wildman–Crippen MR) is 105 cm³/mol. The standard InChI is InChI=1S/C18H19BrClN5O/c1-2-9-25-18(22-23-24-25)21-11-14-10-15(19)5-8-17(14)26-12-13-3-6-16(20)7-4-13/h3-8,10H,2,9,11-12H2,1H3,(H,21,22,24). The number of ether oxygens (including phenoxy) is 1. The number of anilines is 1. The number of tetrazole rings is 1. The number of aryl methyl sites for hydroxylation is 1. The zero-order valence-electron chi connectivity index (χ0n) is 14.3. The fourth-order valence-corrected chi connectivity index (χ4v) is 2.97. The van der Waals surface area contributed by atoms with Gasteiger partial charge in [-0.25, -0.2) is 4.68 Å². The molecule has 26 heavy (non-hydrogen) atoms. The Labute approximate surface area is 165 Å². The highest BCUT2D eigenvalue weighted by Crippen LogP contribution is 2.25. The van der Waals surface area contributed by atoms with E-state index in [0.717, 1.165) is 34.3 Å². The molecule has 0 bridgehead atoms. The third-order valence-electron chi connectivity index (χ3n) is 3.73. The number of hydrogen-bond acceptors (Lipinski definition) is 5. The fourth-order valence-electron chi connectivity index (χ4n) is 2.44. The SMILES string of the molecule is CCCn1nnnc1NCc1cc(Br)ccc1OCc1ccc(Cl)cc1. The van der Waals surface area contributed by atoms with Crippen molar-refractivity contribution in [2.45, 2.75) is 33.0 Å². The summed E-state index contributed by atoms with van der Waals surface area (Å²) in [5.41, 5.74) is 2.07. The molecule has 6 nitrogen and oxygen atoms in total. The van der Waals surface area contributed by atoms with Gasteiger partial charge in [0.2, 0.25) is 5.95 Å². The van der Waals surface area contributed by atoms with Crippen LogP contribution in [0, 0.1) is 0 Å². The minimum absolute atomic E-state index is 0.472. The number of hydrogen-bond donors (Lipinski definition) is 1. The van der Waals surface area contributed by atoms with Gasteiger partial charge in [-0.05, 0) is 52.7 Å². The first-order chi connectivity index (χ1) is 12.7. The highest BCUT2D eigenvalue weighted by molar-refractivity contribution is 9.10. The lowest BCUT2D eigenvalue weighted by Crippen LogP contribution is -2.10. The molecule has 3 aromatic rings. The highest BCUT2D eigenvalue weighted by Gasteiger charge is 2.09. The van der Waals surface area contributed by atoms with Crippen LogP contribution in [0.3, 0.4) is 0 Å². The van der Waals surface area contributed by atoms with Gasteiger partial charge >= 0.3 is 0 Å². The van der Waals surface area contributed by atoms with Crippen molar-refractivity contribution in [3.63, 3.8) is 0 Å². The van der Waals surface area contributed by atoms with Gasteiger partial charge < -0.3 is 10.1 Å². The molecule has 1 aromatic heterocycles. The largest absolute Gasteiger partial charge is 0.489 e. The van der Waals surface area contributed by atoms with Crippen molar-refractivity contribution in [3.05, 3.63) is 63.1 Å². The molecule has 3 rings (SSSR count). The molecule has 136 valence electrons. The molecule has 0 radical (unpaired) electrons. The molecule has 0 atom stereocenters. The first-order valence-electron chi connectivity index (χ1n) is 8.31. The first-order valence-corrected chi connectivity index (χ1v) is 9.48. The average Bonchev–Trinajstić information content (AvgIpc) is 3.08. The molecular formula is C18H19BrClN5O. The van der Waals surface area contributed by atoms with Crippen LogP contribution in [0.1, 0.15) is 24.5 Å². The van der Waals surface area contributed by atoms with Crippen molar-refractivity contribution in [1.29, 1.82) is 0 Å². The van der Waals surface area contributed by atoms with Gasteiger partial charge in [0.1, 0.15) is 12.4 Å². The molecule has 0 unspecified atom stereocenters. The smallest absolute Gasteiger partial charge is 0.243 e. The predicted octanol–water partition coefficient (Wildman–Crippen LogP) is 4.69. The van der Waals surface area contributed by atoms with Crippen LogP contribution in [0.15, 0.2) is 46.9 Å². The third-order valence-corrected chi connectivity index (χ3v) is 4.48. The van der Waals surface area contributed by atoms with E-state index in [-0.39, 0.29) is 0 Å². The molecule has 0 aliphatic rings. The number of benzene rings is 2. The molecule has 0 aliphatic heterocycles. The zero-order chi connectivity index (χ0) is 18.4. The Morgan fingerprint density at radius 2 is 2.00 bits per heavy atom. The molecule has 0 amide bonds. The van der Waals surface area contributed by atoms with Crippen molar-refractivity contribution in [2.24, 2.45) is 0 Å². The van der Waals surface area contributed by atoms with Gasteiger partial charge in [-0.1, -0.05) is 51.7 Å². The second kappa shape index (κ2) is 9.00. The van der Waals surface area contributed by atoms with E-state index in [9.17, 15) is 0 Å². The number of aromatic nitrogens is 4. The van der Waals surface area contributed by atoms with Crippen LogP contribution in [0.2, 0.25) is 5.02 Å². The summed E-state index contributed by atoms with van der Waals surface area (Å²) in [4.78, 5) is 0. The Morgan fingerprint density at radius 3 is 2.77 bits per heavy atom. The lowest BCUT2D eigenvalue weighted by Gasteiger charge is -2.13. The summed E-state index contributed by atoms with van der Waals surface area (Å²) in [5, 5.41) is 15.7. The van der Waals surface area contributed by atoms with E-state index in [2.05, 4.69) is 43.7 Å². The summed E-state index contributed by atoms with van der Waals surface area (Å²) in [5.74, 6) is 1.46. The summed E-state index contributed by atoms with van der Waals surface area (Å²) < 4.78 is 8.75. The van der Waals surface area contributed by atoms with Crippen molar-refractivity contribution >= 4 is 33.5 Å². The summed E-state index contributed by atoms with van der Waals surface area (Å²) in [6, 6.07) is 13.6. The van der Waals surface area contributed by atoms with Crippen LogP contribution in [0.25, 0.3) is 0 Å². The van der Waals surface area contributed by atoms with Gasteiger partial charge in [0.15, 0.2) is 0 Å². The lowest BCUT2D eigenvalue weighted by atomic mass is 10.2. The molecule has 0 fully saturated rings. The molecule has 8 heteroatoms. The van der Waals surface area contributed by atoms with E-state index < -0.39 is 0 Å².